The molecule has 0 radical (unpaired) electrons. The molecule has 134 valence electrons. The summed E-state index contributed by atoms with van der Waals surface area (Å²) in [6, 6.07) is 10.4. The molecule has 0 unspecified atom stereocenters. The van der Waals surface area contributed by atoms with E-state index in [-0.39, 0.29) is 24.0 Å². The number of thiazole rings is 1. The lowest BCUT2D eigenvalue weighted by Gasteiger charge is -2.10. The molecule has 7 nitrogen and oxygen atoms in total. The summed E-state index contributed by atoms with van der Waals surface area (Å²) in [5.74, 6) is 0.220. The lowest BCUT2D eigenvalue weighted by Crippen LogP contribution is -2.15. The van der Waals surface area contributed by atoms with Gasteiger partial charge < -0.3 is 14.5 Å². The van der Waals surface area contributed by atoms with Crippen LogP contribution in [0.2, 0.25) is 0 Å². The van der Waals surface area contributed by atoms with E-state index in [1.54, 1.807) is 29.6 Å². The van der Waals surface area contributed by atoms with Crippen molar-refractivity contribution in [1.82, 2.24) is 4.98 Å². The van der Waals surface area contributed by atoms with Crippen LogP contribution in [0.4, 0.5) is 10.8 Å². The van der Waals surface area contributed by atoms with Crippen molar-refractivity contribution in [2.45, 2.75) is 13.3 Å². The second kappa shape index (κ2) is 8.30. The van der Waals surface area contributed by atoms with Crippen LogP contribution in [0.25, 0.3) is 0 Å². The van der Waals surface area contributed by atoms with Crippen LogP contribution in [0.5, 0.6) is 5.75 Å². The van der Waals surface area contributed by atoms with Gasteiger partial charge in [0.05, 0.1) is 30.7 Å². The highest BCUT2D eigenvalue weighted by molar-refractivity contribution is 7.14. The van der Waals surface area contributed by atoms with Gasteiger partial charge in [-0.05, 0) is 31.2 Å². The molecule has 8 heteroatoms. The topological polar surface area (TPSA) is 93.5 Å². The predicted molar refractivity (Wildman–Crippen MR) is 98.7 cm³/mol. The molecule has 0 bridgehead atoms. The third-order valence-corrected chi connectivity index (χ3v) is 4.13. The molecule has 0 saturated heterocycles. The molecule has 1 aromatic carbocycles. The minimum atomic E-state index is -0.383. The smallest absolute Gasteiger partial charge is 0.293 e. The molecular weight excluding hydrogens is 354 g/mol. The number of furan rings is 1. The first kappa shape index (κ1) is 17.7. The minimum Gasteiger partial charge on any atom is -0.492 e. The summed E-state index contributed by atoms with van der Waals surface area (Å²) in [6.07, 6.45) is 1.51. The van der Waals surface area contributed by atoms with Gasteiger partial charge in [0, 0.05) is 5.38 Å². The van der Waals surface area contributed by atoms with Gasteiger partial charge >= 0.3 is 0 Å². The van der Waals surface area contributed by atoms with Crippen molar-refractivity contribution in [2.75, 3.05) is 17.2 Å². The average molecular weight is 371 g/mol. The van der Waals surface area contributed by atoms with Gasteiger partial charge in [-0.15, -0.1) is 11.3 Å². The number of amides is 2. The van der Waals surface area contributed by atoms with Crippen molar-refractivity contribution in [2.24, 2.45) is 0 Å². The normalized spacial score (nSPS) is 10.3. The maximum absolute atomic E-state index is 12.3. The molecule has 0 aliphatic rings. The Kier molecular flexibility index (Phi) is 5.65. The maximum atomic E-state index is 12.3. The highest BCUT2D eigenvalue weighted by atomic mass is 32.1. The quantitative estimate of drug-likeness (QED) is 0.662. The number of benzene rings is 1. The van der Waals surface area contributed by atoms with Crippen molar-refractivity contribution in [3.8, 4) is 5.75 Å². The Morgan fingerprint density at radius 2 is 2.04 bits per heavy atom. The molecule has 0 fully saturated rings. The van der Waals surface area contributed by atoms with E-state index in [1.165, 1.54) is 17.6 Å². The zero-order chi connectivity index (χ0) is 18.4. The Morgan fingerprint density at radius 1 is 1.19 bits per heavy atom. The third kappa shape index (κ3) is 4.48. The van der Waals surface area contributed by atoms with E-state index >= 15 is 0 Å². The fourth-order valence-corrected chi connectivity index (χ4v) is 2.93. The van der Waals surface area contributed by atoms with Crippen LogP contribution in [0.3, 0.4) is 0 Å². The number of carbonyl (C=O) groups excluding carboxylic acids is 2. The average Bonchev–Trinajstić information content (AvgIpc) is 3.29. The highest BCUT2D eigenvalue weighted by Gasteiger charge is 2.13. The fraction of sp³-hybridized carbons (Fsp3) is 0.167. The third-order valence-electron chi connectivity index (χ3n) is 3.32. The van der Waals surface area contributed by atoms with Crippen molar-refractivity contribution in [3.63, 3.8) is 0 Å². The van der Waals surface area contributed by atoms with Gasteiger partial charge in [0.2, 0.25) is 5.91 Å². The van der Waals surface area contributed by atoms with Gasteiger partial charge in [-0.1, -0.05) is 12.1 Å². The molecule has 0 spiro atoms. The minimum absolute atomic E-state index is 0.0909. The zero-order valence-electron chi connectivity index (χ0n) is 14.0. The highest BCUT2D eigenvalue weighted by Crippen LogP contribution is 2.24. The maximum Gasteiger partial charge on any atom is 0.293 e. The summed E-state index contributed by atoms with van der Waals surface area (Å²) in [4.78, 5) is 28.4. The summed E-state index contributed by atoms with van der Waals surface area (Å²) < 4.78 is 10.5. The number of para-hydroxylation sites is 2. The van der Waals surface area contributed by atoms with Crippen LogP contribution in [0.1, 0.15) is 23.2 Å². The van der Waals surface area contributed by atoms with Gasteiger partial charge in [0.25, 0.3) is 5.91 Å². The van der Waals surface area contributed by atoms with E-state index in [9.17, 15) is 9.59 Å². The van der Waals surface area contributed by atoms with Gasteiger partial charge in [-0.3, -0.25) is 14.9 Å². The molecule has 26 heavy (non-hydrogen) atoms. The Hall–Kier alpha value is -3.13. The number of hydrogen-bond donors (Lipinski definition) is 2. The van der Waals surface area contributed by atoms with Gasteiger partial charge in [0.1, 0.15) is 5.75 Å². The van der Waals surface area contributed by atoms with Gasteiger partial charge in [-0.25, -0.2) is 4.98 Å². The summed E-state index contributed by atoms with van der Waals surface area (Å²) in [5.41, 5.74) is 1.18. The van der Waals surface area contributed by atoms with Crippen LogP contribution in [0.15, 0.2) is 52.5 Å². The molecule has 2 heterocycles. The molecule has 0 aliphatic carbocycles. The first-order valence-electron chi connectivity index (χ1n) is 7.96. The molecular formula is C18H17N3O4S. The first-order valence-corrected chi connectivity index (χ1v) is 8.84. The monoisotopic (exact) mass is 371 g/mol. The molecule has 3 rings (SSSR count). The number of carbonyl (C=O) groups is 2. The van der Waals surface area contributed by atoms with E-state index < -0.39 is 0 Å². The standard InChI is InChI=1S/C18H17N3O4S/c1-2-24-14-7-4-3-6-13(14)20-16(22)10-12-11-26-18(19-12)21-17(23)15-8-5-9-25-15/h3-9,11H,2,10H2,1H3,(H,20,22)(H,19,21,23). The lowest BCUT2D eigenvalue weighted by molar-refractivity contribution is -0.115. The Morgan fingerprint density at radius 3 is 2.81 bits per heavy atom. The van der Waals surface area contributed by atoms with Crippen molar-refractivity contribution < 1.29 is 18.7 Å². The zero-order valence-corrected chi connectivity index (χ0v) is 14.8. The van der Waals surface area contributed by atoms with E-state index in [0.717, 1.165) is 0 Å². The van der Waals surface area contributed by atoms with Crippen LogP contribution in [-0.4, -0.2) is 23.4 Å². The van der Waals surface area contributed by atoms with Crippen molar-refractivity contribution >= 4 is 34.0 Å². The van der Waals surface area contributed by atoms with E-state index in [4.69, 9.17) is 9.15 Å². The Bertz CT molecular complexity index is 889. The number of nitrogens with one attached hydrogen (secondary N) is 2. The number of aromatic nitrogens is 1. The van der Waals surface area contributed by atoms with Crippen molar-refractivity contribution in [3.05, 3.63) is 59.5 Å². The van der Waals surface area contributed by atoms with Crippen LogP contribution >= 0.6 is 11.3 Å². The molecule has 0 atom stereocenters. The predicted octanol–water partition coefficient (Wildman–Crippen LogP) is 3.57. The summed E-state index contributed by atoms with van der Waals surface area (Å²) in [6.45, 7) is 2.39. The summed E-state index contributed by atoms with van der Waals surface area (Å²) in [5, 5.41) is 7.59. The lowest BCUT2D eigenvalue weighted by atomic mass is 10.2. The second-order valence-electron chi connectivity index (χ2n) is 5.23. The molecule has 2 amide bonds. The Labute approximate surface area is 154 Å². The fourth-order valence-electron chi connectivity index (χ4n) is 2.22. The van der Waals surface area contributed by atoms with Crippen LogP contribution in [-0.2, 0) is 11.2 Å². The van der Waals surface area contributed by atoms with Crippen molar-refractivity contribution in [1.29, 1.82) is 0 Å². The molecule has 0 saturated carbocycles. The Balaban J connectivity index is 1.59. The number of ether oxygens (including phenoxy) is 1. The molecule has 2 N–H and O–H groups in total. The molecule has 2 aromatic heterocycles. The van der Waals surface area contributed by atoms with E-state index in [2.05, 4.69) is 15.6 Å². The van der Waals surface area contributed by atoms with Gasteiger partial charge in [-0.2, -0.15) is 0 Å². The van der Waals surface area contributed by atoms with E-state index in [0.29, 0.717) is 28.9 Å². The van der Waals surface area contributed by atoms with Gasteiger partial charge in [0.15, 0.2) is 10.9 Å². The summed E-state index contributed by atoms with van der Waals surface area (Å²) >= 11 is 1.25. The second-order valence-corrected chi connectivity index (χ2v) is 6.09. The molecule has 3 aromatic rings. The first-order chi connectivity index (χ1) is 12.7. The number of anilines is 2. The molecule has 0 aliphatic heterocycles. The van der Waals surface area contributed by atoms with Crippen LogP contribution < -0.4 is 15.4 Å². The number of hydrogen-bond acceptors (Lipinski definition) is 6. The number of nitrogens with zero attached hydrogens (tertiary/aromatic N) is 1. The van der Waals surface area contributed by atoms with E-state index in [1.807, 2.05) is 19.1 Å². The van der Waals surface area contributed by atoms with Crippen LogP contribution in [0, 0.1) is 0 Å². The number of rotatable bonds is 7. The summed E-state index contributed by atoms with van der Waals surface area (Å²) in [7, 11) is 0. The SMILES string of the molecule is CCOc1ccccc1NC(=O)Cc1csc(NC(=O)c2ccco2)n1. The largest absolute Gasteiger partial charge is 0.492 e.